The summed E-state index contributed by atoms with van der Waals surface area (Å²) >= 11 is 3.50. The van der Waals surface area contributed by atoms with Gasteiger partial charge in [-0.05, 0) is 37.1 Å². The second-order valence-corrected chi connectivity index (χ2v) is 5.63. The van der Waals surface area contributed by atoms with Crippen LogP contribution in [0.15, 0.2) is 16.6 Å². The molecule has 4 nitrogen and oxygen atoms in total. The number of piperidine rings is 1. The highest BCUT2D eigenvalue weighted by Crippen LogP contribution is 2.39. The van der Waals surface area contributed by atoms with Crippen molar-refractivity contribution in [3.8, 4) is 11.5 Å². The van der Waals surface area contributed by atoms with Crippen molar-refractivity contribution in [2.24, 2.45) is 5.92 Å². The van der Waals surface area contributed by atoms with E-state index in [0.717, 1.165) is 36.0 Å². The van der Waals surface area contributed by atoms with Crippen molar-refractivity contribution in [2.45, 2.75) is 18.9 Å². The Morgan fingerprint density at radius 2 is 2.00 bits per heavy atom. The van der Waals surface area contributed by atoms with Gasteiger partial charge in [-0.1, -0.05) is 15.9 Å². The summed E-state index contributed by atoms with van der Waals surface area (Å²) in [6, 6.07) is 3.69. The quantitative estimate of drug-likeness (QED) is 0.891. The number of methoxy groups -OCH3 is 2. The Morgan fingerprint density at radius 3 is 2.58 bits per heavy atom. The predicted octanol–water partition coefficient (Wildman–Crippen LogP) is 2.50. The van der Waals surface area contributed by atoms with E-state index in [1.807, 2.05) is 12.1 Å². The molecule has 1 aromatic rings. The van der Waals surface area contributed by atoms with Crippen molar-refractivity contribution in [2.75, 3.05) is 27.3 Å². The van der Waals surface area contributed by atoms with Gasteiger partial charge in [0.25, 0.3) is 0 Å². The fourth-order valence-corrected chi connectivity index (χ4v) is 3.06. The SMILES string of the molecule is COc1cc(Br)c(C(O)C2CCCNC2)cc1OC. The number of benzene rings is 1. The van der Waals surface area contributed by atoms with Gasteiger partial charge in [-0.2, -0.15) is 0 Å². The van der Waals surface area contributed by atoms with Crippen LogP contribution >= 0.6 is 15.9 Å². The van der Waals surface area contributed by atoms with Crippen molar-refractivity contribution in [3.05, 3.63) is 22.2 Å². The van der Waals surface area contributed by atoms with Gasteiger partial charge >= 0.3 is 0 Å². The second kappa shape index (κ2) is 6.59. The molecular weight excluding hydrogens is 310 g/mol. The van der Waals surface area contributed by atoms with Gasteiger partial charge in [-0.15, -0.1) is 0 Å². The number of nitrogens with one attached hydrogen (secondary N) is 1. The van der Waals surface area contributed by atoms with Crippen molar-refractivity contribution < 1.29 is 14.6 Å². The predicted molar refractivity (Wildman–Crippen MR) is 77.8 cm³/mol. The van der Waals surface area contributed by atoms with Crippen molar-refractivity contribution in [1.82, 2.24) is 5.32 Å². The zero-order chi connectivity index (χ0) is 13.8. The average molecular weight is 330 g/mol. The molecule has 1 fully saturated rings. The summed E-state index contributed by atoms with van der Waals surface area (Å²) in [5.41, 5.74) is 0.853. The van der Waals surface area contributed by atoms with Crippen LogP contribution in [0.2, 0.25) is 0 Å². The van der Waals surface area contributed by atoms with Crippen LogP contribution in [0, 0.1) is 5.92 Å². The molecule has 0 bridgehead atoms. The molecule has 2 unspecified atom stereocenters. The molecule has 106 valence electrons. The van der Waals surface area contributed by atoms with Crippen LogP contribution in [0.25, 0.3) is 0 Å². The first-order valence-electron chi connectivity index (χ1n) is 6.47. The monoisotopic (exact) mass is 329 g/mol. The molecule has 0 radical (unpaired) electrons. The third-order valence-electron chi connectivity index (χ3n) is 3.60. The Hall–Kier alpha value is -0.780. The number of halogens is 1. The van der Waals surface area contributed by atoms with Gasteiger partial charge in [0, 0.05) is 16.9 Å². The van der Waals surface area contributed by atoms with Crippen molar-refractivity contribution in [3.63, 3.8) is 0 Å². The minimum atomic E-state index is -0.498. The highest BCUT2D eigenvalue weighted by atomic mass is 79.9. The molecule has 2 atom stereocenters. The first-order valence-corrected chi connectivity index (χ1v) is 7.27. The molecule has 2 rings (SSSR count). The molecule has 1 aliphatic heterocycles. The summed E-state index contributed by atoms with van der Waals surface area (Å²) in [6.07, 6.45) is 1.64. The van der Waals surface area contributed by atoms with Crippen LogP contribution in [0.3, 0.4) is 0 Å². The van der Waals surface area contributed by atoms with Crippen LogP contribution in [0.4, 0.5) is 0 Å². The molecule has 1 saturated heterocycles. The Bertz CT molecular complexity index is 433. The highest BCUT2D eigenvalue weighted by Gasteiger charge is 2.25. The van der Waals surface area contributed by atoms with Gasteiger partial charge in [0.15, 0.2) is 11.5 Å². The maximum atomic E-state index is 10.5. The maximum Gasteiger partial charge on any atom is 0.161 e. The summed E-state index contributed by atoms with van der Waals surface area (Å²) in [5.74, 6) is 1.54. The summed E-state index contributed by atoms with van der Waals surface area (Å²) in [6.45, 7) is 1.89. The molecule has 1 aliphatic rings. The van der Waals surface area contributed by atoms with Gasteiger partial charge in [-0.25, -0.2) is 0 Å². The molecule has 1 aromatic carbocycles. The van der Waals surface area contributed by atoms with Crippen LogP contribution in [0.1, 0.15) is 24.5 Å². The Kier molecular flexibility index (Phi) is 5.07. The van der Waals surface area contributed by atoms with E-state index in [0.29, 0.717) is 11.5 Å². The van der Waals surface area contributed by atoms with Gasteiger partial charge in [0.2, 0.25) is 0 Å². The lowest BCUT2D eigenvalue weighted by Gasteiger charge is -2.28. The van der Waals surface area contributed by atoms with E-state index < -0.39 is 6.10 Å². The standard InChI is InChI=1S/C14H20BrNO3/c1-18-12-6-10(11(15)7-13(12)19-2)14(17)9-4-3-5-16-8-9/h6-7,9,14,16-17H,3-5,8H2,1-2H3. The largest absolute Gasteiger partial charge is 0.493 e. The Morgan fingerprint density at radius 1 is 1.32 bits per heavy atom. The zero-order valence-electron chi connectivity index (χ0n) is 11.3. The van der Waals surface area contributed by atoms with E-state index in [4.69, 9.17) is 9.47 Å². The first-order chi connectivity index (χ1) is 9.17. The smallest absolute Gasteiger partial charge is 0.161 e. The molecule has 19 heavy (non-hydrogen) atoms. The Labute approximate surface area is 122 Å². The van der Waals surface area contributed by atoms with E-state index in [9.17, 15) is 5.11 Å². The molecule has 0 saturated carbocycles. The van der Waals surface area contributed by atoms with E-state index in [1.54, 1.807) is 14.2 Å². The molecule has 2 N–H and O–H groups in total. The highest BCUT2D eigenvalue weighted by molar-refractivity contribution is 9.10. The zero-order valence-corrected chi connectivity index (χ0v) is 12.9. The lowest BCUT2D eigenvalue weighted by Crippen LogP contribution is -2.33. The molecule has 0 amide bonds. The fourth-order valence-electron chi connectivity index (χ4n) is 2.50. The number of hydrogen-bond donors (Lipinski definition) is 2. The number of aliphatic hydroxyl groups excluding tert-OH is 1. The van der Waals surface area contributed by atoms with E-state index in [2.05, 4.69) is 21.2 Å². The number of ether oxygens (including phenoxy) is 2. The lowest BCUT2D eigenvalue weighted by molar-refractivity contribution is 0.0912. The van der Waals surface area contributed by atoms with Crippen molar-refractivity contribution >= 4 is 15.9 Å². The minimum absolute atomic E-state index is 0.239. The van der Waals surface area contributed by atoms with Crippen molar-refractivity contribution in [1.29, 1.82) is 0 Å². The molecule has 5 heteroatoms. The molecule has 0 aromatic heterocycles. The van der Waals surface area contributed by atoms with Crippen LogP contribution < -0.4 is 14.8 Å². The number of hydrogen-bond acceptors (Lipinski definition) is 4. The minimum Gasteiger partial charge on any atom is -0.493 e. The molecule has 1 heterocycles. The van der Waals surface area contributed by atoms with Crippen LogP contribution in [-0.2, 0) is 0 Å². The Balaban J connectivity index is 2.27. The lowest BCUT2D eigenvalue weighted by atomic mass is 9.89. The van der Waals surface area contributed by atoms with Gasteiger partial charge in [0.1, 0.15) is 0 Å². The normalized spacial score (nSPS) is 20.9. The van der Waals surface area contributed by atoms with Crippen LogP contribution in [-0.4, -0.2) is 32.4 Å². The topological polar surface area (TPSA) is 50.7 Å². The van der Waals surface area contributed by atoms with E-state index in [1.165, 1.54) is 0 Å². The van der Waals surface area contributed by atoms with Gasteiger partial charge in [0.05, 0.1) is 20.3 Å². The average Bonchev–Trinajstić information content (AvgIpc) is 2.47. The van der Waals surface area contributed by atoms with Gasteiger partial charge in [-0.3, -0.25) is 0 Å². The summed E-state index contributed by atoms with van der Waals surface area (Å²) in [7, 11) is 3.20. The number of aliphatic hydroxyl groups is 1. The second-order valence-electron chi connectivity index (χ2n) is 4.78. The fraction of sp³-hybridized carbons (Fsp3) is 0.571. The first kappa shape index (κ1) is 14.6. The third kappa shape index (κ3) is 3.22. The summed E-state index contributed by atoms with van der Waals surface area (Å²) in [4.78, 5) is 0. The van der Waals surface area contributed by atoms with Gasteiger partial charge < -0.3 is 19.9 Å². The molecule has 0 aliphatic carbocycles. The van der Waals surface area contributed by atoms with E-state index >= 15 is 0 Å². The molecular formula is C14H20BrNO3. The maximum absolute atomic E-state index is 10.5. The summed E-state index contributed by atoms with van der Waals surface area (Å²) in [5, 5.41) is 13.9. The number of rotatable bonds is 4. The third-order valence-corrected chi connectivity index (χ3v) is 4.29. The molecule has 0 spiro atoms. The summed E-state index contributed by atoms with van der Waals surface area (Å²) < 4.78 is 11.4. The van der Waals surface area contributed by atoms with Crippen LogP contribution in [0.5, 0.6) is 11.5 Å². The van der Waals surface area contributed by atoms with E-state index in [-0.39, 0.29) is 5.92 Å².